The van der Waals surface area contributed by atoms with E-state index < -0.39 is 25.9 Å². The van der Waals surface area contributed by atoms with Crippen LogP contribution in [0.4, 0.5) is 5.69 Å². The van der Waals surface area contributed by atoms with Gasteiger partial charge in [0.05, 0.1) is 16.4 Å². The molecule has 1 aliphatic heterocycles. The molecular formula is C13H20N2O4S2. The van der Waals surface area contributed by atoms with Gasteiger partial charge in [-0.15, -0.1) is 0 Å². The molecule has 0 aromatic heterocycles. The molecule has 2 N–H and O–H groups in total. The fourth-order valence-electron chi connectivity index (χ4n) is 2.48. The lowest BCUT2D eigenvalue weighted by Gasteiger charge is -2.32. The largest absolute Gasteiger partial charge is 0.398 e. The van der Waals surface area contributed by atoms with Crippen molar-refractivity contribution in [2.24, 2.45) is 0 Å². The predicted octanol–water partition coefficient (Wildman–Crippen LogP) is 0.693. The molecule has 6 nitrogen and oxygen atoms in total. The highest BCUT2D eigenvalue weighted by molar-refractivity contribution is 7.92. The fourth-order valence-corrected chi connectivity index (χ4v) is 6.00. The van der Waals surface area contributed by atoms with Crippen LogP contribution in [0.15, 0.2) is 17.0 Å². The summed E-state index contributed by atoms with van der Waals surface area (Å²) in [7, 11) is -6.90. The maximum atomic E-state index is 12.7. The van der Waals surface area contributed by atoms with Crippen molar-refractivity contribution in [3.05, 3.63) is 23.3 Å². The zero-order valence-electron chi connectivity index (χ0n) is 12.3. The molecule has 0 spiro atoms. The van der Waals surface area contributed by atoms with Crippen LogP contribution in [0.2, 0.25) is 0 Å². The summed E-state index contributed by atoms with van der Waals surface area (Å²) < 4.78 is 49.8. The summed E-state index contributed by atoms with van der Waals surface area (Å²) in [6.45, 7) is 5.23. The normalized spacial score (nSPS) is 23.1. The zero-order chi connectivity index (χ0) is 16.0. The second-order valence-corrected chi connectivity index (χ2v) is 9.65. The molecule has 2 rings (SSSR count). The van der Waals surface area contributed by atoms with Crippen LogP contribution in [0.25, 0.3) is 0 Å². The molecule has 1 unspecified atom stereocenters. The Labute approximate surface area is 125 Å². The lowest BCUT2D eigenvalue weighted by molar-refractivity contribution is 0.357. The van der Waals surface area contributed by atoms with Crippen molar-refractivity contribution in [2.45, 2.75) is 31.7 Å². The van der Waals surface area contributed by atoms with Gasteiger partial charge in [-0.1, -0.05) is 0 Å². The minimum absolute atomic E-state index is 0.0152. The Hall–Kier alpha value is -1.12. The number of hydrogen-bond acceptors (Lipinski definition) is 5. The van der Waals surface area contributed by atoms with Gasteiger partial charge in [0, 0.05) is 18.3 Å². The summed E-state index contributed by atoms with van der Waals surface area (Å²) in [6.07, 6.45) is 0. The highest BCUT2D eigenvalue weighted by Crippen LogP contribution is 2.26. The smallest absolute Gasteiger partial charge is 0.243 e. The molecule has 0 radical (unpaired) electrons. The van der Waals surface area contributed by atoms with E-state index in [4.69, 9.17) is 5.73 Å². The van der Waals surface area contributed by atoms with Gasteiger partial charge in [0.25, 0.3) is 0 Å². The monoisotopic (exact) mass is 332 g/mol. The number of sulfone groups is 1. The summed E-state index contributed by atoms with van der Waals surface area (Å²) >= 11 is 0. The Bertz CT molecular complexity index is 746. The molecule has 0 aliphatic carbocycles. The van der Waals surface area contributed by atoms with Gasteiger partial charge >= 0.3 is 0 Å². The van der Waals surface area contributed by atoms with Crippen molar-refractivity contribution in [1.82, 2.24) is 4.31 Å². The molecule has 1 atom stereocenters. The van der Waals surface area contributed by atoms with Crippen LogP contribution in [-0.4, -0.2) is 45.2 Å². The molecule has 0 amide bonds. The average molecular weight is 332 g/mol. The SMILES string of the molecule is Cc1cc(S(=O)(=O)N2CCS(=O)(=O)CC2C)cc(N)c1C. The Morgan fingerprint density at radius 1 is 1.29 bits per heavy atom. The van der Waals surface area contributed by atoms with Gasteiger partial charge in [0.15, 0.2) is 9.84 Å². The van der Waals surface area contributed by atoms with Crippen LogP contribution < -0.4 is 5.73 Å². The first kappa shape index (κ1) is 16.3. The van der Waals surface area contributed by atoms with Crippen molar-refractivity contribution >= 4 is 25.5 Å². The predicted molar refractivity (Wildman–Crippen MR) is 82.3 cm³/mol. The number of nitrogens with two attached hydrogens (primary N) is 1. The summed E-state index contributed by atoms with van der Waals surface area (Å²) in [4.78, 5) is 0.120. The van der Waals surface area contributed by atoms with Crippen LogP contribution in [0.3, 0.4) is 0 Å². The minimum Gasteiger partial charge on any atom is -0.398 e. The highest BCUT2D eigenvalue weighted by Gasteiger charge is 2.36. The van der Waals surface area contributed by atoms with E-state index >= 15 is 0 Å². The van der Waals surface area contributed by atoms with Crippen LogP contribution in [-0.2, 0) is 19.9 Å². The number of benzene rings is 1. The van der Waals surface area contributed by atoms with Gasteiger partial charge in [0.1, 0.15) is 0 Å². The van der Waals surface area contributed by atoms with E-state index in [1.54, 1.807) is 19.9 Å². The first-order valence-corrected chi connectivity index (χ1v) is 9.90. The summed E-state index contributed by atoms with van der Waals surface area (Å²) in [5, 5.41) is 0. The molecule has 1 aromatic rings. The maximum absolute atomic E-state index is 12.7. The Morgan fingerprint density at radius 3 is 2.43 bits per heavy atom. The molecule has 1 aliphatic rings. The number of hydrogen-bond donors (Lipinski definition) is 1. The minimum atomic E-state index is -3.73. The average Bonchev–Trinajstić information content (AvgIpc) is 2.33. The van der Waals surface area contributed by atoms with Gasteiger partial charge in [-0.2, -0.15) is 4.31 Å². The summed E-state index contributed by atoms with van der Waals surface area (Å²) in [6, 6.07) is 2.45. The van der Waals surface area contributed by atoms with Crippen molar-refractivity contribution in [3.8, 4) is 0 Å². The molecule has 0 saturated carbocycles. The van der Waals surface area contributed by atoms with Gasteiger partial charge in [0.2, 0.25) is 10.0 Å². The van der Waals surface area contributed by atoms with Crippen LogP contribution in [0, 0.1) is 13.8 Å². The molecule has 1 heterocycles. The molecule has 0 bridgehead atoms. The van der Waals surface area contributed by atoms with Crippen molar-refractivity contribution in [3.63, 3.8) is 0 Å². The fraction of sp³-hybridized carbons (Fsp3) is 0.538. The molecule has 1 aromatic carbocycles. The topological polar surface area (TPSA) is 97.5 Å². The van der Waals surface area contributed by atoms with E-state index in [0.29, 0.717) is 5.69 Å². The van der Waals surface area contributed by atoms with E-state index in [1.165, 1.54) is 10.4 Å². The number of sulfonamides is 1. The zero-order valence-corrected chi connectivity index (χ0v) is 14.0. The van der Waals surface area contributed by atoms with Gasteiger partial charge in [-0.3, -0.25) is 0 Å². The summed E-state index contributed by atoms with van der Waals surface area (Å²) in [5.74, 6) is -0.288. The number of anilines is 1. The number of aryl methyl sites for hydroxylation is 1. The quantitative estimate of drug-likeness (QED) is 0.804. The van der Waals surface area contributed by atoms with Crippen molar-refractivity contribution in [2.75, 3.05) is 23.8 Å². The Morgan fingerprint density at radius 2 is 1.90 bits per heavy atom. The lowest BCUT2D eigenvalue weighted by atomic mass is 10.1. The molecule has 21 heavy (non-hydrogen) atoms. The third-order valence-electron chi connectivity index (χ3n) is 3.90. The lowest BCUT2D eigenvalue weighted by Crippen LogP contribution is -2.49. The number of nitrogen functional groups attached to an aromatic ring is 1. The maximum Gasteiger partial charge on any atom is 0.243 e. The third kappa shape index (κ3) is 3.07. The van der Waals surface area contributed by atoms with Gasteiger partial charge < -0.3 is 5.73 Å². The second-order valence-electron chi connectivity index (χ2n) is 5.53. The second kappa shape index (κ2) is 5.26. The Balaban J connectivity index is 2.44. The molecular weight excluding hydrogens is 312 g/mol. The third-order valence-corrected chi connectivity index (χ3v) is 7.68. The van der Waals surface area contributed by atoms with E-state index in [-0.39, 0.29) is 22.9 Å². The molecule has 1 saturated heterocycles. The van der Waals surface area contributed by atoms with Crippen LogP contribution >= 0.6 is 0 Å². The van der Waals surface area contributed by atoms with Gasteiger partial charge in [-0.05, 0) is 44.0 Å². The first-order chi connectivity index (χ1) is 9.54. The number of rotatable bonds is 2. The molecule has 1 fully saturated rings. The standard InChI is InChI=1S/C13H20N2O4S2/c1-9-6-12(7-13(14)11(9)3)21(18,19)15-4-5-20(16,17)8-10(15)2/h6-7,10H,4-5,8,14H2,1-3H3. The summed E-state index contributed by atoms with van der Waals surface area (Å²) in [5.41, 5.74) is 7.92. The van der Waals surface area contributed by atoms with Gasteiger partial charge in [-0.25, -0.2) is 16.8 Å². The molecule has 118 valence electrons. The van der Waals surface area contributed by atoms with Crippen molar-refractivity contribution < 1.29 is 16.8 Å². The highest BCUT2D eigenvalue weighted by atomic mass is 32.2. The first-order valence-electron chi connectivity index (χ1n) is 6.63. The Kier molecular flexibility index (Phi) is 4.07. The van der Waals surface area contributed by atoms with Crippen LogP contribution in [0.1, 0.15) is 18.1 Å². The van der Waals surface area contributed by atoms with E-state index in [9.17, 15) is 16.8 Å². The number of nitrogens with zero attached hydrogens (tertiary/aromatic N) is 1. The van der Waals surface area contributed by atoms with E-state index in [0.717, 1.165) is 11.1 Å². The molecule has 8 heteroatoms. The van der Waals surface area contributed by atoms with E-state index in [1.807, 2.05) is 6.92 Å². The van der Waals surface area contributed by atoms with E-state index in [2.05, 4.69) is 0 Å². The van der Waals surface area contributed by atoms with Crippen molar-refractivity contribution in [1.29, 1.82) is 0 Å². The van der Waals surface area contributed by atoms with Crippen LogP contribution in [0.5, 0.6) is 0 Å².